The molecular formula is C14H24N2O2. The van der Waals surface area contributed by atoms with Crippen LogP contribution in [0.3, 0.4) is 0 Å². The smallest absolute Gasteiger partial charge is 0.232 e. The molecule has 0 saturated carbocycles. The van der Waals surface area contributed by atoms with Gasteiger partial charge >= 0.3 is 0 Å². The molecule has 0 bridgehead atoms. The molecule has 4 nitrogen and oxygen atoms in total. The zero-order chi connectivity index (χ0) is 13.0. The maximum Gasteiger partial charge on any atom is 0.232 e. The van der Waals surface area contributed by atoms with Gasteiger partial charge in [0.15, 0.2) is 0 Å². The number of amides is 1. The van der Waals surface area contributed by atoms with Crippen LogP contribution >= 0.6 is 0 Å². The number of aldehydes is 1. The zero-order valence-corrected chi connectivity index (χ0v) is 11.3. The number of nitrogens with zero attached hydrogens (tertiary/aromatic N) is 2. The number of carbonyl (C=O) groups excluding carboxylic acids is 2. The van der Waals surface area contributed by atoms with E-state index in [1.54, 1.807) is 6.92 Å². The van der Waals surface area contributed by atoms with Crippen molar-refractivity contribution in [2.24, 2.45) is 5.92 Å². The molecule has 0 aromatic rings. The van der Waals surface area contributed by atoms with E-state index in [0.29, 0.717) is 6.04 Å². The van der Waals surface area contributed by atoms with Crippen molar-refractivity contribution in [3.8, 4) is 0 Å². The molecule has 0 aliphatic carbocycles. The summed E-state index contributed by atoms with van der Waals surface area (Å²) in [6.45, 7) is 5.77. The lowest BCUT2D eigenvalue weighted by Crippen LogP contribution is -2.49. The molecule has 18 heavy (non-hydrogen) atoms. The monoisotopic (exact) mass is 252 g/mol. The van der Waals surface area contributed by atoms with Gasteiger partial charge in [0, 0.05) is 19.1 Å². The Bertz CT molecular complexity index is 292. The Morgan fingerprint density at radius 3 is 2.28 bits per heavy atom. The van der Waals surface area contributed by atoms with Gasteiger partial charge in [-0.25, -0.2) is 0 Å². The third-order valence-electron chi connectivity index (χ3n) is 4.28. The summed E-state index contributed by atoms with van der Waals surface area (Å²) < 4.78 is 0. The molecule has 0 N–H and O–H groups in total. The Labute approximate surface area is 109 Å². The third kappa shape index (κ3) is 3.10. The van der Waals surface area contributed by atoms with Crippen LogP contribution in [0.1, 0.15) is 39.0 Å². The summed E-state index contributed by atoms with van der Waals surface area (Å²) in [4.78, 5) is 27.0. The molecule has 2 heterocycles. The predicted octanol–water partition coefficient (Wildman–Crippen LogP) is 1.30. The van der Waals surface area contributed by atoms with Crippen LogP contribution in [0, 0.1) is 5.92 Å². The molecular weight excluding hydrogens is 228 g/mol. The van der Waals surface area contributed by atoms with Gasteiger partial charge in [-0.15, -0.1) is 0 Å². The number of likely N-dealkylation sites (tertiary alicyclic amines) is 2. The average molecular weight is 252 g/mol. The fourth-order valence-electron chi connectivity index (χ4n) is 3.08. The lowest BCUT2D eigenvalue weighted by molar-refractivity contribution is -0.138. The van der Waals surface area contributed by atoms with Crippen LogP contribution in [0.2, 0.25) is 0 Å². The highest BCUT2D eigenvalue weighted by molar-refractivity contribution is 5.91. The molecule has 2 aliphatic heterocycles. The average Bonchev–Trinajstić information content (AvgIpc) is 2.47. The lowest BCUT2D eigenvalue weighted by atomic mass is 9.99. The standard InChI is InChI=1S/C14H24N2O2/c1-12(11-17)14(18)16-9-5-13(6-10-16)15-7-3-2-4-8-15/h11-13H,2-10H2,1H3. The first-order valence-electron chi connectivity index (χ1n) is 7.20. The van der Waals surface area contributed by atoms with Crippen molar-refractivity contribution in [1.29, 1.82) is 0 Å². The van der Waals surface area contributed by atoms with Crippen molar-refractivity contribution < 1.29 is 9.59 Å². The Hall–Kier alpha value is -0.900. The van der Waals surface area contributed by atoms with Crippen molar-refractivity contribution in [2.45, 2.75) is 45.1 Å². The van der Waals surface area contributed by atoms with Crippen molar-refractivity contribution in [3.63, 3.8) is 0 Å². The van der Waals surface area contributed by atoms with Crippen LogP contribution in [0.25, 0.3) is 0 Å². The first-order chi connectivity index (χ1) is 8.72. The molecule has 1 atom stereocenters. The van der Waals surface area contributed by atoms with E-state index in [-0.39, 0.29) is 5.91 Å². The summed E-state index contributed by atoms with van der Waals surface area (Å²) in [5.41, 5.74) is 0. The molecule has 4 heteroatoms. The number of carbonyl (C=O) groups is 2. The minimum atomic E-state index is -0.475. The second kappa shape index (κ2) is 6.32. The Kier molecular flexibility index (Phi) is 4.75. The minimum absolute atomic E-state index is 0.00194. The molecule has 2 rings (SSSR count). The molecule has 1 unspecified atom stereocenters. The second-order valence-corrected chi connectivity index (χ2v) is 5.58. The van der Waals surface area contributed by atoms with Gasteiger partial charge in [0.1, 0.15) is 6.29 Å². The summed E-state index contributed by atoms with van der Waals surface area (Å²) in [7, 11) is 0. The van der Waals surface area contributed by atoms with E-state index in [0.717, 1.165) is 32.2 Å². The van der Waals surface area contributed by atoms with Gasteiger partial charge in [0.2, 0.25) is 5.91 Å². The first-order valence-corrected chi connectivity index (χ1v) is 7.20. The maximum atomic E-state index is 11.9. The van der Waals surface area contributed by atoms with Gasteiger partial charge < -0.3 is 14.6 Å². The summed E-state index contributed by atoms with van der Waals surface area (Å²) in [6.07, 6.45) is 6.89. The van der Waals surface area contributed by atoms with E-state index in [4.69, 9.17) is 0 Å². The van der Waals surface area contributed by atoms with Crippen LogP contribution in [-0.2, 0) is 9.59 Å². The van der Waals surface area contributed by atoms with Crippen LogP contribution < -0.4 is 0 Å². The predicted molar refractivity (Wildman–Crippen MR) is 70.3 cm³/mol. The molecule has 0 aromatic carbocycles. The molecule has 0 radical (unpaired) electrons. The van der Waals surface area contributed by atoms with Gasteiger partial charge in [-0.3, -0.25) is 4.79 Å². The fourth-order valence-corrected chi connectivity index (χ4v) is 3.08. The number of piperidine rings is 2. The Morgan fingerprint density at radius 1 is 1.11 bits per heavy atom. The van der Waals surface area contributed by atoms with E-state index in [2.05, 4.69) is 4.90 Å². The number of hydrogen-bond donors (Lipinski definition) is 0. The molecule has 2 aliphatic rings. The second-order valence-electron chi connectivity index (χ2n) is 5.58. The van der Waals surface area contributed by atoms with Gasteiger partial charge in [-0.1, -0.05) is 6.42 Å². The molecule has 0 aromatic heterocycles. The quantitative estimate of drug-likeness (QED) is 0.561. The highest BCUT2D eigenvalue weighted by Crippen LogP contribution is 2.21. The van der Waals surface area contributed by atoms with Gasteiger partial charge in [0.05, 0.1) is 5.92 Å². The normalized spacial score (nSPS) is 24.8. The maximum absolute atomic E-state index is 11.9. The lowest BCUT2D eigenvalue weighted by Gasteiger charge is -2.40. The van der Waals surface area contributed by atoms with E-state index in [1.165, 1.54) is 32.4 Å². The highest BCUT2D eigenvalue weighted by Gasteiger charge is 2.29. The SMILES string of the molecule is CC(C=O)C(=O)N1CCC(N2CCCCC2)CC1. The third-order valence-corrected chi connectivity index (χ3v) is 4.28. The fraction of sp³-hybridized carbons (Fsp3) is 0.857. The summed E-state index contributed by atoms with van der Waals surface area (Å²) in [6, 6.07) is 0.654. The number of hydrogen-bond acceptors (Lipinski definition) is 3. The minimum Gasteiger partial charge on any atom is -0.342 e. The first kappa shape index (κ1) is 13.5. The van der Waals surface area contributed by atoms with Crippen LogP contribution in [0.5, 0.6) is 0 Å². The molecule has 102 valence electrons. The van der Waals surface area contributed by atoms with Crippen LogP contribution in [-0.4, -0.2) is 54.2 Å². The summed E-state index contributed by atoms with van der Waals surface area (Å²) >= 11 is 0. The largest absolute Gasteiger partial charge is 0.342 e. The van der Waals surface area contributed by atoms with Gasteiger partial charge in [-0.05, 0) is 45.7 Å². The highest BCUT2D eigenvalue weighted by atomic mass is 16.2. The summed E-state index contributed by atoms with van der Waals surface area (Å²) in [5, 5.41) is 0. The zero-order valence-electron chi connectivity index (χ0n) is 11.3. The molecule has 2 fully saturated rings. The Morgan fingerprint density at radius 2 is 1.72 bits per heavy atom. The topological polar surface area (TPSA) is 40.6 Å². The van der Waals surface area contributed by atoms with E-state index in [9.17, 15) is 9.59 Å². The van der Waals surface area contributed by atoms with Gasteiger partial charge in [0.25, 0.3) is 0 Å². The van der Waals surface area contributed by atoms with E-state index >= 15 is 0 Å². The van der Waals surface area contributed by atoms with Crippen LogP contribution in [0.4, 0.5) is 0 Å². The van der Waals surface area contributed by atoms with Crippen molar-refractivity contribution >= 4 is 12.2 Å². The summed E-state index contributed by atoms with van der Waals surface area (Å²) in [5.74, 6) is -0.473. The van der Waals surface area contributed by atoms with Crippen molar-refractivity contribution in [2.75, 3.05) is 26.2 Å². The number of rotatable bonds is 3. The van der Waals surface area contributed by atoms with Crippen LogP contribution in [0.15, 0.2) is 0 Å². The van der Waals surface area contributed by atoms with E-state index < -0.39 is 5.92 Å². The van der Waals surface area contributed by atoms with E-state index in [1.807, 2.05) is 4.90 Å². The van der Waals surface area contributed by atoms with Crippen molar-refractivity contribution in [1.82, 2.24) is 9.80 Å². The molecule has 1 amide bonds. The Balaban J connectivity index is 1.80. The van der Waals surface area contributed by atoms with Gasteiger partial charge in [-0.2, -0.15) is 0 Å². The van der Waals surface area contributed by atoms with Crippen molar-refractivity contribution in [3.05, 3.63) is 0 Å². The molecule has 2 saturated heterocycles. The molecule has 0 spiro atoms.